The van der Waals surface area contributed by atoms with Crippen molar-refractivity contribution >= 4 is 0 Å². The summed E-state index contributed by atoms with van der Waals surface area (Å²) in [6, 6.07) is 14.8. The Hall–Kier alpha value is -1.75. The van der Waals surface area contributed by atoms with Crippen molar-refractivity contribution in [3.05, 3.63) is 71.0 Å². The molecule has 120 valence electrons. The summed E-state index contributed by atoms with van der Waals surface area (Å²) < 4.78 is 19.3. The molecular weight excluding hydrogens is 293 g/mol. The molecule has 4 rings (SSSR count). The standard InChI is InChI=1S/C19H20FNO2/c20-15-6-3-5-14(10-15)18-12-21(8-9-23-18)17-11-13-4-1-2-7-16(13)19(17)22/h1-7,10,17-19,22H,8-9,11-12H2. The third-order valence-electron chi connectivity index (χ3n) is 4.95. The van der Waals surface area contributed by atoms with Crippen molar-refractivity contribution < 1.29 is 14.2 Å². The Labute approximate surface area is 135 Å². The summed E-state index contributed by atoms with van der Waals surface area (Å²) >= 11 is 0. The molecule has 2 aromatic carbocycles. The van der Waals surface area contributed by atoms with Crippen molar-refractivity contribution in [2.75, 3.05) is 19.7 Å². The minimum absolute atomic E-state index is 0.0763. The molecule has 1 heterocycles. The maximum atomic E-state index is 13.5. The molecule has 0 radical (unpaired) electrons. The monoisotopic (exact) mass is 313 g/mol. The molecule has 0 spiro atoms. The smallest absolute Gasteiger partial charge is 0.123 e. The molecule has 1 aliphatic heterocycles. The van der Waals surface area contributed by atoms with Gasteiger partial charge in [-0.1, -0.05) is 36.4 Å². The Bertz CT molecular complexity index is 705. The molecule has 0 aromatic heterocycles. The van der Waals surface area contributed by atoms with E-state index >= 15 is 0 Å². The first-order chi connectivity index (χ1) is 11.2. The van der Waals surface area contributed by atoms with Crippen LogP contribution in [0, 0.1) is 5.82 Å². The van der Waals surface area contributed by atoms with E-state index in [0.717, 1.165) is 24.1 Å². The molecule has 3 atom stereocenters. The minimum atomic E-state index is -0.461. The van der Waals surface area contributed by atoms with Gasteiger partial charge in [-0.3, -0.25) is 4.90 Å². The molecular formula is C19H20FNO2. The minimum Gasteiger partial charge on any atom is -0.387 e. The lowest BCUT2D eigenvalue weighted by atomic mass is 10.0. The van der Waals surface area contributed by atoms with Crippen molar-refractivity contribution in [3.8, 4) is 0 Å². The predicted molar refractivity (Wildman–Crippen MR) is 85.6 cm³/mol. The molecule has 2 aliphatic rings. The summed E-state index contributed by atoms with van der Waals surface area (Å²) in [7, 11) is 0. The predicted octanol–water partition coefficient (Wildman–Crippen LogP) is 2.86. The molecule has 3 unspecified atom stereocenters. The molecule has 23 heavy (non-hydrogen) atoms. The molecule has 1 fully saturated rings. The summed E-state index contributed by atoms with van der Waals surface area (Å²) in [4.78, 5) is 2.28. The number of fused-ring (bicyclic) bond motifs is 1. The number of halogens is 1. The molecule has 0 amide bonds. The largest absolute Gasteiger partial charge is 0.387 e. The summed E-state index contributed by atoms with van der Waals surface area (Å²) in [5, 5.41) is 10.7. The number of hydrogen-bond acceptors (Lipinski definition) is 3. The maximum absolute atomic E-state index is 13.5. The quantitative estimate of drug-likeness (QED) is 0.925. The average molecular weight is 313 g/mol. The van der Waals surface area contributed by atoms with Gasteiger partial charge in [0.15, 0.2) is 0 Å². The number of aliphatic hydroxyl groups excluding tert-OH is 1. The Morgan fingerprint density at radius 2 is 2.00 bits per heavy atom. The Kier molecular flexibility index (Phi) is 3.89. The normalized spacial score (nSPS) is 27.8. The number of rotatable bonds is 2. The van der Waals surface area contributed by atoms with E-state index < -0.39 is 6.10 Å². The van der Waals surface area contributed by atoms with Crippen LogP contribution in [0.4, 0.5) is 4.39 Å². The number of ether oxygens (including phenoxy) is 1. The van der Waals surface area contributed by atoms with E-state index in [1.165, 1.54) is 17.7 Å². The first-order valence-corrected chi connectivity index (χ1v) is 8.09. The Morgan fingerprint density at radius 1 is 1.13 bits per heavy atom. The van der Waals surface area contributed by atoms with Gasteiger partial charge < -0.3 is 9.84 Å². The van der Waals surface area contributed by atoms with Gasteiger partial charge in [-0.2, -0.15) is 0 Å². The fourth-order valence-electron chi connectivity index (χ4n) is 3.76. The highest BCUT2D eigenvalue weighted by Crippen LogP contribution is 2.36. The second kappa shape index (κ2) is 6.04. The summed E-state index contributed by atoms with van der Waals surface area (Å²) in [6.07, 6.45) is 0.251. The fraction of sp³-hybridized carbons (Fsp3) is 0.368. The number of benzene rings is 2. The average Bonchev–Trinajstić information content (AvgIpc) is 2.92. The zero-order valence-corrected chi connectivity index (χ0v) is 12.9. The SMILES string of the molecule is OC1c2ccccc2CC1N1CCOC(c2cccc(F)c2)C1. The molecule has 3 nitrogen and oxygen atoms in total. The highest BCUT2D eigenvalue weighted by atomic mass is 19.1. The second-order valence-electron chi connectivity index (χ2n) is 6.32. The van der Waals surface area contributed by atoms with Crippen LogP contribution in [-0.2, 0) is 11.2 Å². The van der Waals surface area contributed by atoms with Crippen molar-refractivity contribution in [1.29, 1.82) is 0 Å². The highest BCUT2D eigenvalue weighted by Gasteiger charge is 2.37. The van der Waals surface area contributed by atoms with E-state index in [2.05, 4.69) is 11.0 Å². The van der Waals surface area contributed by atoms with Crippen LogP contribution in [0.5, 0.6) is 0 Å². The number of morpholine rings is 1. The van der Waals surface area contributed by atoms with Gasteiger partial charge in [0.25, 0.3) is 0 Å². The van der Waals surface area contributed by atoms with Crippen molar-refractivity contribution in [3.63, 3.8) is 0 Å². The molecule has 0 bridgehead atoms. The van der Waals surface area contributed by atoms with Crippen LogP contribution in [0.25, 0.3) is 0 Å². The molecule has 2 aromatic rings. The lowest BCUT2D eigenvalue weighted by Crippen LogP contribution is -2.46. The fourth-order valence-corrected chi connectivity index (χ4v) is 3.76. The van der Waals surface area contributed by atoms with E-state index in [1.54, 1.807) is 6.07 Å². The van der Waals surface area contributed by atoms with E-state index in [4.69, 9.17) is 4.74 Å². The Balaban J connectivity index is 1.52. The van der Waals surface area contributed by atoms with E-state index in [1.807, 2.05) is 24.3 Å². The van der Waals surface area contributed by atoms with Gasteiger partial charge in [-0.25, -0.2) is 4.39 Å². The first kappa shape index (κ1) is 14.8. The summed E-state index contributed by atoms with van der Waals surface area (Å²) in [5.74, 6) is -0.239. The first-order valence-electron chi connectivity index (χ1n) is 8.09. The van der Waals surface area contributed by atoms with Crippen LogP contribution in [0.15, 0.2) is 48.5 Å². The topological polar surface area (TPSA) is 32.7 Å². The second-order valence-corrected chi connectivity index (χ2v) is 6.32. The van der Waals surface area contributed by atoms with Gasteiger partial charge in [0.05, 0.1) is 18.8 Å². The van der Waals surface area contributed by atoms with E-state index in [0.29, 0.717) is 13.2 Å². The van der Waals surface area contributed by atoms with Gasteiger partial charge in [0.1, 0.15) is 5.82 Å². The third kappa shape index (κ3) is 2.78. The summed E-state index contributed by atoms with van der Waals surface area (Å²) in [5.41, 5.74) is 3.12. The van der Waals surface area contributed by atoms with E-state index in [-0.39, 0.29) is 18.0 Å². The molecule has 1 aliphatic carbocycles. The van der Waals surface area contributed by atoms with Gasteiger partial charge in [-0.05, 0) is 35.2 Å². The molecule has 4 heteroatoms. The lowest BCUT2D eigenvalue weighted by molar-refractivity contribution is -0.0634. The highest BCUT2D eigenvalue weighted by molar-refractivity contribution is 5.36. The number of hydrogen-bond donors (Lipinski definition) is 1. The molecule has 0 saturated carbocycles. The van der Waals surface area contributed by atoms with Crippen LogP contribution in [0.1, 0.15) is 28.9 Å². The van der Waals surface area contributed by atoms with Gasteiger partial charge in [0, 0.05) is 19.1 Å². The van der Waals surface area contributed by atoms with Crippen molar-refractivity contribution in [2.24, 2.45) is 0 Å². The van der Waals surface area contributed by atoms with Crippen LogP contribution < -0.4 is 0 Å². The van der Waals surface area contributed by atoms with Crippen LogP contribution in [-0.4, -0.2) is 35.7 Å². The number of aliphatic hydroxyl groups is 1. The van der Waals surface area contributed by atoms with Crippen molar-refractivity contribution in [2.45, 2.75) is 24.7 Å². The van der Waals surface area contributed by atoms with Crippen LogP contribution >= 0.6 is 0 Å². The number of nitrogens with zero attached hydrogens (tertiary/aromatic N) is 1. The zero-order chi connectivity index (χ0) is 15.8. The molecule has 1 saturated heterocycles. The van der Waals surface area contributed by atoms with Crippen LogP contribution in [0.3, 0.4) is 0 Å². The zero-order valence-electron chi connectivity index (χ0n) is 12.9. The summed E-state index contributed by atoms with van der Waals surface area (Å²) in [6.45, 7) is 2.07. The van der Waals surface area contributed by atoms with Crippen LogP contribution in [0.2, 0.25) is 0 Å². The molecule has 1 N–H and O–H groups in total. The Morgan fingerprint density at radius 3 is 2.83 bits per heavy atom. The van der Waals surface area contributed by atoms with Crippen molar-refractivity contribution in [1.82, 2.24) is 4.90 Å². The maximum Gasteiger partial charge on any atom is 0.123 e. The van der Waals surface area contributed by atoms with Gasteiger partial charge >= 0.3 is 0 Å². The third-order valence-corrected chi connectivity index (χ3v) is 4.95. The lowest BCUT2D eigenvalue weighted by Gasteiger charge is -2.38. The van der Waals surface area contributed by atoms with Gasteiger partial charge in [0.2, 0.25) is 0 Å². The van der Waals surface area contributed by atoms with Gasteiger partial charge in [-0.15, -0.1) is 0 Å². The van der Waals surface area contributed by atoms with E-state index in [9.17, 15) is 9.50 Å².